The summed E-state index contributed by atoms with van der Waals surface area (Å²) in [6, 6.07) is 0. The Morgan fingerprint density at radius 3 is 2.50 bits per heavy atom. The van der Waals surface area contributed by atoms with Gasteiger partial charge in [-0.2, -0.15) is 0 Å². The molecule has 0 amide bonds. The molecule has 9 heteroatoms. The molecule has 1 aliphatic rings. The average molecular weight is 370 g/mol. The Morgan fingerprint density at radius 1 is 1.19 bits per heavy atom. The first-order valence-electron chi connectivity index (χ1n) is 8.91. The fourth-order valence-electron chi connectivity index (χ4n) is 3.01. The maximum Gasteiger partial charge on any atom is 0.330 e. The predicted molar refractivity (Wildman–Crippen MR) is 92.0 cm³/mol. The van der Waals surface area contributed by atoms with Crippen molar-refractivity contribution in [3.8, 4) is 0 Å². The van der Waals surface area contributed by atoms with Crippen molar-refractivity contribution < 1.29 is 24.9 Å². The summed E-state index contributed by atoms with van der Waals surface area (Å²) in [6.07, 6.45) is 0.716. The van der Waals surface area contributed by atoms with Crippen molar-refractivity contribution in [2.45, 2.75) is 70.0 Å². The molecule has 4 N–H and O–H groups in total. The van der Waals surface area contributed by atoms with Gasteiger partial charge in [-0.15, -0.1) is 0 Å². The highest BCUT2D eigenvalue weighted by molar-refractivity contribution is 5.95. The van der Waals surface area contributed by atoms with Crippen LogP contribution >= 0.6 is 0 Å². The molecule has 1 aromatic heterocycles. The van der Waals surface area contributed by atoms with Crippen LogP contribution in [0.5, 0.6) is 0 Å². The number of carbonyl (C=O) groups excluding carboxylic acids is 1. The van der Waals surface area contributed by atoms with Crippen molar-refractivity contribution in [3.05, 3.63) is 32.6 Å². The summed E-state index contributed by atoms with van der Waals surface area (Å²) in [5.74, 6) is -0.400. The summed E-state index contributed by atoms with van der Waals surface area (Å²) in [4.78, 5) is 38.4. The molecule has 2 rings (SSSR count). The summed E-state index contributed by atoms with van der Waals surface area (Å²) in [5, 5.41) is 29.0. The van der Waals surface area contributed by atoms with Gasteiger partial charge in [0, 0.05) is 12.6 Å². The number of aromatic nitrogens is 2. The molecule has 4 atom stereocenters. The van der Waals surface area contributed by atoms with Gasteiger partial charge in [0.05, 0.1) is 12.2 Å². The van der Waals surface area contributed by atoms with E-state index in [-0.39, 0.29) is 12.0 Å². The van der Waals surface area contributed by atoms with E-state index in [9.17, 15) is 24.6 Å². The molecule has 1 aromatic rings. The lowest BCUT2D eigenvalue weighted by Crippen LogP contribution is -2.39. The first kappa shape index (κ1) is 20.5. The van der Waals surface area contributed by atoms with E-state index in [1.165, 1.54) is 0 Å². The van der Waals surface area contributed by atoms with E-state index in [0.29, 0.717) is 6.42 Å². The van der Waals surface area contributed by atoms with Crippen LogP contribution in [-0.4, -0.2) is 55.6 Å². The number of nitrogens with zero attached hydrogens (tertiary/aromatic N) is 1. The zero-order valence-corrected chi connectivity index (χ0v) is 14.8. The van der Waals surface area contributed by atoms with Crippen LogP contribution in [0, 0.1) is 0 Å². The first-order chi connectivity index (χ1) is 12.4. The minimum absolute atomic E-state index is 0.182. The van der Waals surface area contributed by atoms with Crippen LogP contribution in [0.1, 0.15) is 62.0 Å². The fourth-order valence-corrected chi connectivity index (χ4v) is 3.01. The van der Waals surface area contributed by atoms with Crippen LogP contribution in [0.15, 0.2) is 15.8 Å². The summed E-state index contributed by atoms with van der Waals surface area (Å²) in [6.45, 7) is 1.54. The SMILES string of the molecule is CCCCCCCC(=O)c1cn([C@@H]2O[C@H](CO)[C@@H](O)[C@H]2O)c(=O)[nH]c1=O. The molecule has 1 fully saturated rings. The second-order valence-electron chi connectivity index (χ2n) is 6.53. The molecule has 0 radical (unpaired) electrons. The van der Waals surface area contributed by atoms with Crippen molar-refractivity contribution in [2.75, 3.05) is 6.61 Å². The van der Waals surface area contributed by atoms with Crippen LogP contribution in [-0.2, 0) is 4.74 Å². The zero-order chi connectivity index (χ0) is 19.3. The quantitative estimate of drug-likeness (QED) is 0.345. The molecule has 0 aromatic carbocycles. The van der Waals surface area contributed by atoms with Crippen LogP contribution in [0.3, 0.4) is 0 Å². The van der Waals surface area contributed by atoms with Crippen molar-refractivity contribution in [2.24, 2.45) is 0 Å². The molecule has 26 heavy (non-hydrogen) atoms. The van der Waals surface area contributed by atoms with Crippen LogP contribution < -0.4 is 11.2 Å². The van der Waals surface area contributed by atoms with Gasteiger partial charge in [0.2, 0.25) is 0 Å². The van der Waals surface area contributed by atoms with Crippen molar-refractivity contribution in [1.82, 2.24) is 9.55 Å². The van der Waals surface area contributed by atoms with Crippen molar-refractivity contribution in [3.63, 3.8) is 0 Å². The van der Waals surface area contributed by atoms with Gasteiger partial charge < -0.3 is 20.1 Å². The second-order valence-corrected chi connectivity index (χ2v) is 6.53. The molecule has 1 aliphatic heterocycles. The number of hydrogen-bond acceptors (Lipinski definition) is 7. The molecule has 146 valence electrons. The largest absolute Gasteiger partial charge is 0.394 e. The second kappa shape index (κ2) is 9.22. The highest BCUT2D eigenvalue weighted by Crippen LogP contribution is 2.28. The number of aromatic amines is 1. The Kier molecular flexibility index (Phi) is 7.27. The third-order valence-corrected chi connectivity index (χ3v) is 4.57. The smallest absolute Gasteiger partial charge is 0.330 e. The number of unbranched alkanes of at least 4 members (excludes halogenated alkanes) is 4. The summed E-state index contributed by atoms with van der Waals surface area (Å²) in [5.41, 5.74) is -1.86. The van der Waals surface area contributed by atoms with Crippen LogP contribution in [0.2, 0.25) is 0 Å². The summed E-state index contributed by atoms with van der Waals surface area (Å²) >= 11 is 0. The molecule has 2 heterocycles. The van der Waals surface area contributed by atoms with E-state index < -0.39 is 48.2 Å². The van der Waals surface area contributed by atoms with Crippen LogP contribution in [0.4, 0.5) is 0 Å². The highest BCUT2D eigenvalue weighted by atomic mass is 16.6. The first-order valence-corrected chi connectivity index (χ1v) is 8.91. The van der Waals surface area contributed by atoms with Gasteiger partial charge in [-0.25, -0.2) is 4.79 Å². The van der Waals surface area contributed by atoms with Gasteiger partial charge in [0.1, 0.15) is 18.3 Å². The van der Waals surface area contributed by atoms with Gasteiger partial charge in [-0.3, -0.25) is 19.1 Å². The molecule has 0 unspecified atom stereocenters. The minimum Gasteiger partial charge on any atom is -0.394 e. The number of H-pyrrole nitrogens is 1. The Balaban J connectivity index is 2.17. The Labute approximate surface area is 150 Å². The number of ketones is 1. The Morgan fingerprint density at radius 2 is 1.88 bits per heavy atom. The van der Waals surface area contributed by atoms with Gasteiger partial charge >= 0.3 is 5.69 Å². The van der Waals surface area contributed by atoms with Gasteiger partial charge in [-0.1, -0.05) is 32.6 Å². The molecule has 0 aliphatic carbocycles. The van der Waals surface area contributed by atoms with E-state index >= 15 is 0 Å². The molecular weight excluding hydrogens is 344 g/mol. The lowest BCUT2D eigenvalue weighted by Gasteiger charge is -2.17. The number of hydrogen-bond donors (Lipinski definition) is 4. The van der Waals surface area contributed by atoms with E-state index in [0.717, 1.165) is 36.4 Å². The zero-order valence-electron chi connectivity index (χ0n) is 14.8. The topological polar surface area (TPSA) is 142 Å². The number of aliphatic hydroxyl groups excluding tert-OH is 3. The van der Waals surface area contributed by atoms with Gasteiger partial charge in [-0.05, 0) is 6.42 Å². The van der Waals surface area contributed by atoms with E-state index in [4.69, 9.17) is 9.84 Å². The number of Topliss-reactive ketones (excluding diaryl/α,β-unsaturated/α-hetero) is 1. The summed E-state index contributed by atoms with van der Waals surface area (Å²) < 4.78 is 6.15. The average Bonchev–Trinajstić information content (AvgIpc) is 2.89. The van der Waals surface area contributed by atoms with Gasteiger partial charge in [0.15, 0.2) is 12.0 Å². The monoisotopic (exact) mass is 370 g/mol. The number of carbonyl (C=O) groups is 1. The molecule has 1 saturated heterocycles. The molecule has 9 nitrogen and oxygen atoms in total. The normalized spacial score (nSPS) is 25.5. The van der Waals surface area contributed by atoms with Crippen molar-refractivity contribution in [1.29, 1.82) is 0 Å². The number of rotatable bonds is 9. The molecule has 0 spiro atoms. The maximum absolute atomic E-state index is 12.3. The number of aliphatic hydroxyl groups is 3. The Hall–Kier alpha value is -1.81. The molecular formula is C17H26N2O7. The molecule has 0 saturated carbocycles. The predicted octanol–water partition coefficient (Wildman–Crippen LogP) is -0.309. The van der Waals surface area contributed by atoms with Crippen molar-refractivity contribution >= 4 is 5.78 Å². The van der Waals surface area contributed by atoms with Crippen LogP contribution in [0.25, 0.3) is 0 Å². The summed E-state index contributed by atoms with van der Waals surface area (Å²) in [7, 11) is 0. The fraction of sp³-hybridized carbons (Fsp3) is 0.706. The Bertz CT molecular complexity index is 727. The standard InChI is InChI=1S/C17H26N2O7/c1-2-3-4-5-6-7-11(21)10-8-19(17(25)18-15(10)24)16-14(23)13(22)12(9-20)26-16/h8,12-14,16,20,22-23H,2-7,9H2,1H3,(H,18,24,25)/t12-,13-,14-,16-/m1/s1. The lowest BCUT2D eigenvalue weighted by atomic mass is 10.1. The number of ether oxygens (including phenoxy) is 1. The lowest BCUT2D eigenvalue weighted by molar-refractivity contribution is -0.0551. The number of nitrogens with one attached hydrogen (secondary N) is 1. The van der Waals surface area contributed by atoms with E-state index in [2.05, 4.69) is 6.92 Å². The highest BCUT2D eigenvalue weighted by Gasteiger charge is 2.43. The third kappa shape index (κ3) is 4.47. The van der Waals surface area contributed by atoms with E-state index in [1.807, 2.05) is 4.98 Å². The third-order valence-electron chi connectivity index (χ3n) is 4.57. The van der Waals surface area contributed by atoms with E-state index in [1.54, 1.807) is 0 Å². The minimum atomic E-state index is -1.48. The van der Waals surface area contributed by atoms with Gasteiger partial charge in [0.25, 0.3) is 5.56 Å². The maximum atomic E-state index is 12.3. The molecule has 0 bridgehead atoms.